The third-order valence-corrected chi connectivity index (χ3v) is 3.86. The molecule has 2 heteroatoms. The minimum absolute atomic E-state index is 0.136. The summed E-state index contributed by atoms with van der Waals surface area (Å²) in [7, 11) is 0. The molecule has 0 aliphatic carbocycles. The molecule has 0 radical (unpaired) electrons. The summed E-state index contributed by atoms with van der Waals surface area (Å²) in [6.07, 6.45) is 2.46. The van der Waals surface area contributed by atoms with E-state index in [1.165, 1.54) is 24.1 Å². The zero-order valence-electron chi connectivity index (χ0n) is 11.2. The average molecular weight is 233 g/mol. The van der Waals surface area contributed by atoms with Gasteiger partial charge in [-0.2, -0.15) is 0 Å². The first-order valence-electron chi connectivity index (χ1n) is 6.47. The van der Waals surface area contributed by atoms with E-state index in [0.717, 1.165) is 18.7 Å². The molecule has 0 bridgehead atoms. The maximum atomic E-state index is 9.45. The zero-order chi connectivity index (χ0) is 12.5. The topological polar surface area (TPSA) is 23.5 Å². The van der Waals surface area contributed by atoms with Crippen LogP contribution in [-0.4, -0.2) is 18.2 Å². The van der Waals surface area contributed by atoms with Crippen LogP contribution in [0.1, 0.15) is 37.8 Å². The van der Waals surface area contributed by atoms with E-state index in [9.17, 15) is 5.11 Å². The van der Waals surface area contributed by atoms with Gasteiger partial charge in [-0.25, -0.2) is 0 Å². The Morgan fingerprint density at radius 1 is 1.24 bits per heavy atom. The first-order valence-corrected chi connectivity index (χ1v) is 6.47. The number of benzene rings is 1. The zero-order valence-corrected chi connectivity index (χ0v) is 11.2. The van der Waals surface area contributed by atoms with Crippen molar-refractivity contribution in [1.29, 1.82) is 0 Å². The van der Waals surface area contributed by atoms with Crippen LogP contribution < -0.4 is 4.90 Å². The number of hydrogen-bond donors (Lipinski definition) is 1. The van der Waals surface area contributed by atoms with Crippen LogP contribution in [0, 0.1) is 12.3 Å². The molecule has 2 rings (SSSR count). The number of nitrogens with zero attached hydrogens (tertiary/aromatic N) is 1. The lowest BCUT2D eigenvalue weighted by Crippen LogP contribution is -2.37. The Kier molecular flexibility index (Phi) is 3.43. The Hall–Kier alpha value is -1.02. The van der Waals surface area contributed by atoms with Gasteiger partial charge in [-0.05, 0) is 31.2 Å². The number of rotatable bonds is 2. The van der Waals surface area contributed by atoms with Gasteiger partial charge in [0.2, 0.25) is 0 Å². The molecular weight excluding hydrogens is 210 g/mol. The lowest BCUT2D eigenvalue weighted by atomic mass is 9.82. The van der Waals surface area contributed by atoms with Crippen molar-refractivity contribution in [2.24, 2.45) is 5.41 Å². The molecule has 94 valence electrons. The van der Waals surface area contributed by atoms with E-state index >= 15 is 0 Å². The molecule has 1 heterocycles. The predicted molar refractivity (Wildman–Crippen MR) is 72.3 cm³/mol. The average Bonchev–Trinajstić information content (AvgIpc) is 2.29. The highest BCUT2D eigenvalue weighted by Gasteiger charge is 2.26. The Balaban J connectivity index is 2.18. The SMILES string of the molecule is Cc1ccc(N2CCC(C)(C)CC2)c(CO)c1. The summed E-state index contributed by atoms with van der Waals surface area (Å²) in [5.74, 6) is 0. The number of piperidine rings is 1. The van der Waals surface area contributed by atoms with Gasteiger partial charge < -0.3 is 10.0 Å². The summed E-state index contributed by atoms with van der Waals surface area (Å²) in [6.45, 7) is 9.09. The van der Waals surface area contributed by atoms with Crippen molar-refractivity contribution in [2.45, 2.75) is 40.2 Å². The van der Waals surface area contributed by atoms with Crippen molar-refractivity contribution in [3.8, 4) is 0 Å². The second-order valence-corrected chi connectivity index (χ2v) is 5.94. The molecule has 0 aromatic heterocycles. The summed E-state index contributed by atoms with van der Waals surface area (Å²) in [5.41, 5.74) is 3.97. The van der Waals surface area contributed by atoms with Gasteiger partial charge in [0.15, 0.2) is 0 Å². The van der Waals surface area contributed by atoms with Gasteiger partial charge in [0.25, 0.3) is 0 Å². The highest BCUT2D eigenvalue weighted by atomic mass is 16.3. The quantitative estimate of drug-likeness (QED) is 0.848. The highest BCUT2D eigenvalue weighted by Crippen LogP contribution is 2.33. The normalized spacial score (nSPS) is 19.4. The van der Waals surface area contributed by atoms with E-state index < -0.39 is 0 Å². The molecule has 0 atom stereocenters. The molecule has 1 aromatic carbocycles. The van der Waals surface area contributed by atoms with Crippen LogP contribution >= 0.6 is 0 Å². The number of aliphatic hydroxyl groups is 1. The highest BCUT2D eigenvalue weighted by molar-refractivity contribution is 5.55. The van der Waals surface area contributed by atoms with Crippen molar-refractivity contribution in [2.75, 3.05) is 18.0 Å². The Labute approximate surface area is 104 Å². The molecule has 0 spiro atoms. The van der Waals surface area contributed by atoms with Crippen molar-refractivity contribution in [1.82, 2.24) is 0 Å². The molecule has 1 fully saturated rings. The molecule has 17 heavy (non-hydrogen) atoms. The van der Waals surface area contributed by atoms with E-state index in [0.29, 0.717) is 5.41 Å². The van der Waals surface area contributed by atoms with Gasteiger partial charge in [0.1, 0.15) is 0 Å². The molecule has 1 aliphatic heterocycles. The minimum atomic E-state index is 0.136. The molecule has 0 unspecified atom stereocenters. The molecule has 2 nitrogen and oxygen atoms in total. The molecule has 0 amide bonds. The predicted octanol–water partition coefficient (Wildman–Crippen LogP) is 3.11. The Bertz CT molecular complexity index is 388. The smallest absolute Gasteiger partial charge is 0.0702 e. The summed E-state index contributed by atoms with van der Waals surface area (Å²) in [6, 6.07) is 6.38. The van der Waals surface area contributed by atoms with Crippen LogP contribution in [0.2, 0.25) is 0 Å². The number of aryl methyl sites for hydroxylation is 1. The number of anilines is 1. The lowest BCUT2D eigenvalue weighted by Gasteiger charge is -2.39. The Morgan fingerprint density at radius 2 is 1.88 bits per heavy atom. The molecule has 1 aromatic rings. The summed E-state index contributed by atoms with van der Waals surface area (Å²) in [4.78, 5) is 2.41. The first kappa shape index (κ1) is 12.4. The second kappa shape index (κ2) is 4.69. The van der Waals surface area contributed by atoms with Gasteiger partial charge >= 0.3 is 0 Å². The fourth-order valence-electron chi connectivity index (χ4n) is 2.50. The van der Waals surface area contributed by atoms with E-state index in [-0.39, 0.29) is 6.61 Å². The minimum Gasteiger partial charge on any atom is -0.392 e. The van der Waals surface area contributed by atoms with Crippen LogP contribution in [0.15, 0.2) is 18.2 Å². The third kappa shape index (κ3) is 2.81. The fourth-order valence-corrected chi connectivity index (χ4v) is 2.50. The summed E-state index contributed by atoms with van der Waals surface area (Å²) in [5, 5.41) is 9.45. The van der Waals surface area contributed by atoms with E-state index in [4.69, 9.17) is 0 Å². The molecule has 1 aliphatic rings. The number of hydrogen-bond acceptors (Lipinski definition) is 2. The molecule has 0 saturated carbocycles. The fraction of sp³-hybridized carbons (Fsp3) is 0.600. The van der Waals surface area contributed by atoms with Crippen LogP contribution in [-0.2, 0) is 6.61 Å². The third-order valence-electron chi connectivity index (χ3n) is 3.86. The second-order valence-electron chi connectivity index (χ2n) is 5.94. The van der Waals surface area contributed by atoms with Crippen molar-refractivity contribution in [3.05, 3.63) is 29.3 Å². The van der Waals surface area contributed by atoms with Gasteiger partial charge in [0.05, 0.1) is 6.61 Å². The summed E-state index contributed by atoms with van der Waals surface area (Å²) >= 11 is 0. The van der Waals surface area contributed by atoms with Crippen LogP contribution in [0.4, 0.5) is 5.69 Å². The van der Waals surface area contributed by atoms with E-state index in [1.54, 1.807) is 0 Å². The van der Waals surface area contributed by atoms with E-state index in [2.05, 4.69) is 43.9 Å². The summed E-state index contributed by atoms with van der Waals surface area (Å²) < 4.78 is 0. The largest absolute Gasteiger partial charge is 0.392 e. The van der Waals surface area contributed by atoms with Crippen LogP contribution in [0.5, 0.6) is 0 Å². The van der Waals surface area contributed by atoms with Crippen molar-refractivity contribution >= 4 is 5.69 Å². The molecular formula is C15H23NO. The van der Waals surface area contributed by atoms with Gasteiger partial charge in [-0.3, -0.25) is 0 Å². The van der Waals surface area contributed by atoms with Gasteiger partial charge in [-0.15, -0.1) is 0 Å². The van der Waals surface area contributed by atoms with E-state index in [1.807, 2.05) is 0 Å². The van der Waals surface area contributed by atoms with Crippen LogP contribution in [0.3, 0.4) is 0 Å². The van der Waals surface area contributed by atoms with Gasteiger partial charge in [-0.1, -0.05) is 31.5 Å². The maximum absolute atomic E-state index is 9.45. The lowest BCUT2D eigenvalue weighted by molar-refractivity contribution is 0.273. The van der Waals surface area contributed by atoms with Crippen molar-refractivity contribution < 1.29 is 5.11 Å². The van der Waals surface area contributed by atoms with Gasteiger partial charge in [0, 0.05) is 24.3 Å². The first-order chi connectivity index (χ1) is 8.02. The molecule has 1 N–H and O–H groups in total. The standard InChI is InChI=1S/C15H23NO/c1-12-4-5-14(13(10-12)11-17)16-8-6-15(2,3)7-9-16/h4-5,10,17H,6-9,11H2,1-3H3. The maximum Gasteiger partial charge on any atom is 0.0702 e. The Morgan fingerprint density at radius 3 is 2.47 bits per heavy atom. The molecule has 1 saturated heterocycles. The van der Waals surface area contributed by atoms with Crippen molar-refractivity contribution in [3.63, 3.8) is 0 Å². The number of aliphatic hydroxyl groups excluding tert-OH is 1. The monoisotopic (exact) mass is 233 g/mol. The van der Waals surface area contributed by atoms with Crippen LogP contribution in [0.25, 0.3) is 0 Å².